The van der Waals surface area contributed by atoms with Crippen LogP contribution in [0.15, 0.2) is 192 Å². The number of hydrogen-bond acceptors (Lipinski definition) is 5. The number of benzene rings is 8. The van der Waals surface area contributed by atoms with E-state index in [-0.39, 0.29) is 0 Å². The molecule has 0 spiro atoms. The van der Waals surface area contributed by atoms with Gasteiger partial charge in [-0.25, -0.2) is 15.0 Å². The highest BCUT2D eigenvalue weighted by atomic mass is 32.1. The van der Waals surface area contributed by atoms with Gasteiger partial charge in [0.25, 0.3) is 0 Å². The summed E-state index contributed by atoms with van der Waals surface area (Å²) in [7, 11) is 0. The molecule has 56 heavy (non-hydrogen) atoms. The predicted molar refractivity (Wildman–Crippen MR) is 233 cm³/mol. The molecule has 3 aromatic heterocycles. The van der Waals surface area contributed by atoms with E-state index in [2.05, 4.69) is 152 Å². The maximum atomic E-state index is 7.05. The lowest BCUT2D eigenvalue weighted by Crippen LogP contribution is -2.00. The van der Waals surface area contributed by atoms with Crippen molar-refractivity contribution in [3.8, 4) is 67.5 Å². The fourth-order valence-corrected chi connectivity index (χ4v) is 9.18. The van der Waals surface area contributed by atoms with Gasteiger partial charge in [0.1, 0.15) is 11.2 Å². The minimum atomic E-state index is 0.559. The Labute approximate surface area is 327 Å². The summed E-state index contributed by atoms with van der Waals surface area (Å²) in [4.78, 5) is 15.3. The molecular weight excluding hydrogens is 703 g/mol. The van der Waals surface area contributed by atoms with Gasteiger partial charge >= 0.3 is 0 Å². The molecule has 0 bridgehead atoms. The third-order valence-corrected chi connectivity index (χ3v) is 11.8. The smallest absolute Gasteiger partial charge is 0.167 e. The van der Waals surface area contributed by atoms with Gasteiger partial charge in [0.2, 0.25) is 0 Å². The Balaban J connectivity index is 1.12. The first kappa shape index (κ1) is 32.2. The first-order valence-electron chi connectivity index (χ1n) is 18.7. The Kier molecular flexibility index (Phi) is 7.64. The predicted octanol–water partition coefficient (Wildman–Crippen LogP) is 14.1. The van der Waals surface area contributed by atoms with E-state index in [1.54, 1.807) is 0 Å². The summed E-state index contributed by atoms with van der Waals surface area (Å²) in [6.45, 7) is 0. The van der Waals surface area contributed by atoms with Gasteiger partial charge in [0.05, 0.1) is 5.56 Å². The third-order valence-electron chi connectivity index (χ3n) is 10.6. The van der Waals surface area contributed by atoms with Crippen molar-refractivity contribution in [2.75, 3.05) is 0 Å². The molecule has 0 saturated heterocycles. The SMILES string of the molecule is c1ccc(-c2cccc(-c3nc(-c4ccccc4)nc(-c4cccc5c4oc4c(-c6ccc(-c7ccccc7)c7sc8ccccc8c67)cccc45)n3)c2)cc1. The average Bonchev–Trinajstić information content (AvgIpc) is 3.86. The van der Waals surface area contributed by atoms with E-state index in [1.807, 2.05) is 47.7 Å². The van der Waals surface area contributed by atoms with Gasteiger partial charge in [-0.15, -0.1) is 11.3 Å². The minimum absolute atomic E-state index is 0.559. The van der Waals surface area contributed by atoms with E-state index < -0.39 is 0 Å². The van der Waals surface area contributed by atoms with Crippen molar-refractivity contribution in [3.63, 3.8) is 0 Å². The van der Waals surface area contributed by atoms with E-state index in [9.17, 15) is 0 Å². The summed E-state index contributed by atoms with van der Waals surface area (Å²) in [5, 5.41) is 4.55. The van der Waals surface area contributed by atoms with Crippen molar-refractivity contribution >= 4 is 53.4 Å². The van der Waals surface area contributed by atoms with E-state index in [1.165, 1.54) is 31.3 Å². The summed E-state index contributed by atoms with van der Waals surface area (Å²) in [6, 6.07) is 65.5. The number of thiophene rings is 1. The van der Waals surface area contributed by atoms with Crippen LogP contribution in [0.1, 0.15) is 0 Å². The van der Waals surface area contributed by atoms with Gasteiger partial charge in [-0.3, -0.25) is 0 Å². The van der Waals surface area contributed by atoms with Crippen molar-refractivity contribution in [1.82, 2.24) is 15.0 Å². The van der Waals surface area contributed by atoms with Crippen molar-refractivity contribution in [2.45, 2.75) is 0 Å². The Morgan fingerprint density at radius 3 is 1.61 bits per heavy atom. The quantitative estimate of drug-likeness (QED) is 0.171. The van der Waals surface area contributed by atoms with Crippen molar-refractivity contribution in [3.05, 3.63) is 188 Å². The van der Waals surface area contributed by atoms with Crippen LogP contribution in [-0.2, 0) is 0 Å². The fraction of sp³-hybridized carbons (Fsp3) is 0. The molecule has 0 atom stereocenters. The van der Waals surface area contributed by atoms with Crippen LogP contribution in [0.2, 0.25) is 0 Å². The zero-order chi connectivity index (χ0) is 37.0. The second kappa shape index (κ2) is 13.3. The molecule has 0 aliphatic rings. The molecule has 0 unspecified atom stereocenters. The highest BCUT2D eigenvalue weighted by Crippen LogP contribution is 2.47. The lowest BCUT2D eigenvalue weighted by atomic mass is 9.94. The van der Waals surface area contributed by atoms with Crippen LogP contribution in [0, 0.1) is 0 Å². The zero-order valence-electron chi connectivity index (χ0n) is 30.1. The molecule has 0 aliphatic heterocycles. The molecule has 11 rings (SSSR count). The van der Waals surface area contributed by atoms with E-state index >= 15 is 0 Å². The summed E-state index contributed by atoms with van der Waals surface area (Å²) in [5.74, 6) is 1.77. The molecule has 5 heteroatoms. The average molecular weight is 734 g/mol. The van der Waals surface area contributed by atoms with Crippen molar-refractivity contribution < 1.29 is 4.42 Å². The number of hydrogen-bond donors (Lipinski definition) is 0. The van der Waals surface area contributed by atoms with Crippen LogP contribution in [-0.4, -0.2) is 15.0 Å². The largest absolute Gasteiger partial charge is 0.455 e. The van der Waals surface area contributed by atoms with Gasteiger partial charge in [-0.05, 0) is 46.0 Å². The number of furan rings is 1. The van der Waals surface area contributed by atoms with Gasteiger partial charge in [0, 0.05) is 47.6 Å². The second-order valence-electron chi connectivity index (χ2n) is 13.9. The number of nitrogens with zero attached hydrogens (tertiary/aromatic N) is 3. The maximum Gasteiger partial charge on any atom is 0.167 e. The molecule has 0 aliphatic carbocycles. The number of rotatable bonds is 6. The molecule has 8 aromatic carbocycles. The first-order chi connectivity index (χ1) is 27.8. The van der Waals surface area contributed by atoms with E-state index in [0.29, 0.717) is 17.5 Å². The zero-order valence-corrected chi connectivity index (χ0v) is 30.9. The number of para-hydroxylation sites is 2. The second-order valence-corrected chi connectivity index (χ2v) is 15.0. The minimum Gasteiger partial charge on any atom is -0.455 e. The molecule has 3 heterocycles. The Hall–Kier alpha value is -7.21. The number of fused-ring (bicyclic) bond motifs is 6. The van der Waals surface area contributed by atoms with Gasteiger partial charge in [0.15, 0.2) is 17.5 Å². The van der Waals surface area contributed by atoms with Gasteiger partial charge in [-0.1, -0.05) is 170 Å². The van der Waals surface area contributed by atoms with Crippen molar-refractivity contribution in [1.29, 1.82) is 0 Å². The number of aromatic nitrogens is 3. The monoisotopic (exact) mass is 733 g/mol. The third kappa shape index (κ3) is 5.40. The van der Waals surface area contributed by atoms with Gasteiger partial charge in [-0.2, -0.15) is 0 Å². The molecule has 262 valence electrons. The molecule has 11 aromatic rings. The van der Waals surface area contributed by atoms with Crippen LogP contribution in [0.25, 0.3) is 110 Å². The summed E-state index contributed by atoms with van der Waals surface area (Å²) in [6.07, 6.45) is 0. The molecule has 4 nitrogen and oxygen atoms in total. The molecular formula is C51H31N3OS. The lowest BCUT2D eigenvalue weighted by Gasteiger charge is -2.10. The summed E-state index contributed by atoms with van der Waals surface area (Å²) in [5.41, 5.74) is 11.1. The molecule has 0 saturated carbocycles. The molecule has 0 amide bonds. The van der Waals surface area contributed by atoms with Crippen LogP contribution >= 0.6 is 11.3 Å². The highest BCUT2D eigenvalue weighted by molar-refractivity contribution is 7.26. The van der Waals surface area contributed by atoms with Crippen LogP contribution in [0.5, 0.6) is 0 Å². The topological polar surface area (TPSA) is 51.8 Å². The Morgan fingerprint density at radius 2 is 0.857 bits per heavy atom. The highest BCUT2D eigenvalue weighted by Gasteiger charge is 2.22. The normalized spacial score (nSPS) is 11.6. The first-order valence-corrected chi connectivity index (χ1v) is 19.5. The Morgan fingerprint density at radius 1 is 0.339 bits per heavy atom. The van der Waals surface area contributed by atoms with Gasteiger partial charge < -0.3 is 4.42 Å². The molecule has 0 N–H and O–H groups in total. The van der Waals surface area contributed by atoms with E-state index in [4.69, 9.17) is 19.4 Å². The van der Waals surface area contributed by atoms with Crippen LogP contribution in [0.4, 0.5) is 0 Å². The Bertz CT molecular complexity index is 3240. The summed E-state index contributed by atoms with van der Waals surface area (Å²) < 4.78 is 9.58. The lowest BCUT2D eigenvalue weighted by molar-refractivity contribution is 0.670. The van der Waals surface area contributed by atoms with E-state index in [0.717, 1.165) is 60.9 Å². The van der Waals surface area contributed by atoms with Crippen LogP contribution < -0.4 is 0 Å². The molecule has 0 radical (unpaired) electrons. The fourth-order valence-electron chi connectivity index (χ4n) is 7.92. The maximum absolute atomic E-state index is 7.05. The standard InChI is InChI=1S/C51H31N3OS/c1-4-15-32(16-5-1)35-21-12-22-36(31-35)50-52-49(34-19-8-3-9-20-34)53-51(54-50)43-27-14-26-41-40-25-13-24-39(46(40)55-47(41)43)38-30-29-37(33-17-6-2-7-18-33)48-45(38)42-23-10-11-28-44(42)56-48/h1-31H. The van der Waals surface area contributed by atoms with Crippen molar-refractivity contribution in [2.24, 2.45) is 0 Å². The summed E-state index contributed by atoms with van der Waals surface area (Å²) >= 11 is 1.85. The van der Waals surface area contributed by atoms with Crippen LogP contribution in [0.3, 0.4) is 0 Å². The molecule has 0 fully saturated rings.